The predicted octanol–water partition coefficient (Wildman–Crippen LogP) is -0.0716. The maximum atomic E-state index is 12.6. The van der Waals surface area contributed by atoms with Gasteiger partial charge in [0.25, 0.3) is 5.91 Å². The standard InChI is InChI=1S/C13H15N3O3S/c14-12(17)11-5-16(13(18)8-6-20-7-15-8)9-3-1-2-4-10(9)19-11/h1-4,8,11,15H,5-7H2,(H2,14,17). The summed E-state index contributed by atoms with van der Waals surface area (Å²) in [6, 6.07) is 6.96. The number of nitrogens with two attached hydrogens (primary N) is 1. The van der Waals surface area contributed by atoms with Crippen LogP contribution in [0.2, 0.25) is 0 Å². The van der Waals surface area contributed by atoms with E-state index in [1.54, 1.807) is 28.8 Å². The molecular weight excluding hydrogens is 278 g/mol. The first kappa shape index (κ1) is 13.3. The van der Waals surface area contributed by atoms with Crippen LogP contribution in [0.5, 0.6) is 5.75 Å². The number of anilines is 1. The highest BCUT2D eigenvalue weighted by atomic mass is 32.2. The molecule has 106 valence electrons. The van der Waals surface area contributed by atoms with Crippen LogP contribution in [-0.4, -0.2) is 42.1 Å². The zero-order chi connectivity index (χ0) is 14.1. The van der Waals surface area contributed by atoms with Crippen LogP contribution in [0.15, 0.2) is 24.3 Å². The molecule has 0 spiro atoms. The van der Waals surface area contributed by atoms with Gasteiger partial charge in [-0.05, 0) is 12.1 Å². The first-order chi connectivity index (χ1) is 9.66. The highest BCUT2D eigenvalue weighted by molar-refractivity contribution is 7.99. The molecular formula is C13H15N3O3S. The third kappa shape index (κ3) is 2.34. The Morgan fingerprint density at radius 2 is 2.20 bits per heavy atom. The summed E-state index contributed by atoms with van der Waals surface area (Å²) in [6.07, 6.45) is -0.803. The van der Waals surface area contributed by atoms with Crippen LogP contribution in [0.3, 0.4) is 0 Å². The van der Waals surface area contributed by atoms with Crippen LogP contribution < -0.4 is 20.7 Å². The van der Waals surface area contributed by atoms with Gasteiger partial charge in [0, 0.05) is 11.6 Å². The van der Waals surface area contributed by atoms with Gasteiger partial charge in [0.15, 0.2) is 6.10 Å². The Kier molecular flexibility index (Phi) is 3.54. The summed E-state index contributed by atoms with van der Waals surface area (Å²) in [5, 5.41) is 3.14. The number of hydrogen-bond donors (Lipinski definition) is 2. The van der Waals surface area contributed by atoms with E-state index in [0.29, 0.717) is 11.4 Å². The van der Waals surface area contributed by atoms with E-state index in [9.17, 15) is 9.59 Å². The smallest absolute Gasteiger partial charge is 0.260 e. The fraction of sp³-hybridized carbons (Fsp3) is 0.385. The summed E-state index contributed by atoms with van der Waals surface area (Å²) in [6.45, 7) is 0.161. The molecule has 6 nitrogen and oxygen atoms in total. The van der Waals surface area contributed by atoms with Crippen LogP contribution in [0.1, 0.15) is 0 Å². The number of ether oxygens (including phenoxy) is 1. The van der Waals surface area contributed by atoms with E-state index in [2.05, 4.69) is 5.32 Å². The van der Waals surface area contributed by atoms with Crippen molar-refractivity contribution < 1.29 is 14.3 Å². The summed E-state index contributed by atoms with van der Waals surface area (Å²) in [7, 11) is 0. The SMILES string of the molecule is NC(=O)C1CN(C(=O)C2CSCN2)c2ccccc2O1. The van der Waals surface area contributed by atoms with Gasteiger partial charge in [-0.25, -0.2) is 0 Å². The van der Waals surface area contributed by atoms with Crippen molar-refractivity contribution in [1.82, 2.24) is 5.32 Å². The minimum Gasteiger partial charge on any atom is -0.477 e. The molecule has 3 N–H and O–H groups in total. The average molecular weight is 293 g/mol. The maximum Gasteiger partial charge on any atom is 0.260 e. The van der Waals surface area contributed by atoms with Crippen LogP contribution >= 0.6 is 11.8 Å². The number of nitrogens with zero attached hydrogens (tertiary/aromatic N) is 1. The summed E-state index contributed by atoms with van der Waals surface area (Å²) in [4.78, 5) is 25.6. The molecule has 0 aromatic heterocycles. The number of fused-ring (bicyclic) bond motifs is 1. The Bertz CT molecular complexity index is 545. The number of thioether (sulfide) groups is 1. The van der Waals surface area contributed by atoms with E-state index in [-0.39, 0.29) is 18.5 Å². The number of primary amides is 1. The first-order valence-corrected chi connectivity index (χ1v) is 7.50. The Morgan fingerprint density at radius 3 is 2.90 bits per heavy atom. The van der Waals surface area contributed by atoms with E-state index in [1.165, 1.54) is 0 Å². The molecule has 3 rings (SSSR count). The second kappa shape index (κ2) is 5.34. The number of rotatable bonds is 2. The van der Waals surface area contributed by atoms with Gasteiger partial charge in [-0.3, -0.25) is 14.9 Å². The molecule has 20 heavy (non-hydrogen) atoms. The summed E-state index contributed by atoms with van der Waals surface area (Å²) in [5.74, 6) is 1.41. The Labute approximate surface area is 120 Å². The third-order valence-electron chi connectivity index (χ3n) is 3.37. The fourth-order valence-corrected chi connectivity index (χ4v) is 3.27. The van der Waals surface area contributed by atoms with Gasteiger partial charge in [-0.2, -0.15) is 0 Å². The Balaban J connectivity index is 1.91. The number of benzene rings is 1. The van der Waals surface area contributed by atoms with Crippen molar-refractivity contribution in [2.75, 3.05) is 23.1 Å². The molecule has 2 unspecified atom stereocenters. The van der Waals surface area contributed by atoms with Crippen molar-refractivity contribution in [1.29, 1.82) is 0 Å². The quantitative estimate of drug-likeness (QED) is 0.797. The van der Waals surface area contributed by atoms with Crippen molar-refractivity contribution >= 4 is 29.3 Å². The molecule has 7 heteroatoms. The highest BCUT2D eigenvalue weighted by Gasteiger charge is 2.36. The van der Waals surface area contributed by atoms with Gasteiger partial charge >= 0.3 is 0 Å². The molecule has 0 saturated carbocycles. The second-order valence-corrected chi connectivity index (χ2v) is 5.73. The third-order valence-corrected chi connectivity index (χ3v) is 4.31. The molecule has 2 heterocycles. The molecule has 1 aromatic carbocycles. The molecule has 2 amide bonds. The number of carbonyl (C=O) groups excluding carboxylic acids is 2. The molecule has 1 aromatic rings. The zero-order valence-electron chi connectivity index (χ0n) is 10.7. The Morgan fingerprint density at radius 1 is 1.40 bits per heavy atom. The summed E-state index contributed by atoms with van der Waals surface area (Å²) < 4.78 is 5.54. The van der Waals surface area contributed by atoms with Crippen LogP contribution in [0, 0.1) is 0 Å². The van der Waals surface area contributed by atoms with E-state index in [1.807, 2.05) is 12.1 Å². The van der Waals surface area contributed by atoms with E-state index in [0.717, 1.165) is 11.6 Å². The first-order valence-electron chi connectivity index (χ1n) is 6.34. The maximum absolute atomic E-state index is 12.6. The van der Waals surface area contributed by atoms with Crippen LogP contribution in [0.4, 0.5) is 5.69 Å². The van der Waals surface area contributed by atoms with Gasteiger partial charge in [0.05, 0.1) is 18.3 Å². The van der Waals surface area contributed by atoms with Crippen molar-refractivity contribution in [2.24, 2.45) is 5.73 Å². The number of para-hydroxylation sites is 2. The number of nitrogens with one attached hydrogen (secondary N) is 1. The monoisotopic (exact) mass is 293 g/mol. The minimum atomic E-state index is -0.803. The second-order valence-electron chi connectivity index (χ2n) is 4.70. The topological polar surface area (TPSA) is 84.7 Å². The molecule has 2 atom stereocenters. The van der Waals surface area contributed by atoms with Crippen LogP contribution in [-0.2, 0) is 9.59 Å². The lowest BCUT2D eigenvalue weighted by molar-refractivity contribution is -0.125. The molecule has 1 fully saturated rings. The molecule has 0 aliphatic carbocycles. The zero-order valence-corrected chi connectivity index (χ0v) is 11.6. The largest absolute Gasteiger partial charge is 0.477 e. The predicted molar refractivity (Wildman–Crippen MR) is 76.7 cm³/mol. The van der Waals surface area contributed by atoms with E-state index >= 15 is 0 Å². The van der Waals surface area contributed by atoms with Gasteiger partial charge in [0.1, 0.15) is 5.75 Å². The lowest BCUT2D eigenvalue weighted by Gasteiger charge is -2.34. The van der Waals surface area contributed by atoms with Crippen molar-refractivity contribution in [3.8, 4) is 5.75 Å². The minimum absolute atomic E-state index is 0.0444. The summed E-state index contributed by atoms with van der Waals surface area (Å²) >= 11 is 1.68. The average Bonchev–Trinajstić information content (AvgIpc) is 2.99. The van der Waals surface area contributed by atoms with Gasteiger partial charge < -0.3 is 15.4 Å². The molecule has 0 bridgehead atoms. The molecule has 2 aliphatic rings. The fourth-order valence-electron chi connectivity index (χ4n) is 2.33. The normalized spacial score (nSPS) is 24.9. The van der Waals surface area contributed by atoms with Crippen molar-refractivity contribution in [3.05, 3.63) is 24.3 Å². The Hall–Kier alpha value is -1.73. The van der Waals surface area contributed by atoms with Crippen molar-refractivity contribution in [3.63, 3.8) is 0 Å². The van der Waals surface area contributed by atoms with Crippen LogP contribution in [0.25, 0.3) is 0 Å². The van der Waals surface area contributed by atoms with Gasteiger partial charge in [-0.1, -0.05) is 12.1 Å². The lowest BCUT2D eigenvalue weighted by atomic mass is 10.1. The van der Waals surface area contributed by atoms with Gasteiger partial charge in [0.2, 0.25) is 5.91 Å². The molecule has 2 aliphatic heterocycles. The highest BCUT2D eigenvalue weighted by Crippen LogP contribution is 2.33. The number of amides is 2. The van der Waals surface area contributed by atoms with E-state index < -0.39 is 12.0 Å². The number of hydrogen-bond acceptors (Lipinski definition) is 5. The van der Waals surface area contributed by atoms with E-state index in [4.69, 9.17) is 10.5 Å². The number of carbonyl (C=O) groups is 2. The molecule has 0 radical (unpaired) electrons. The van der Waals surface area contributed by atoms with Gasteiger partial charge in [-0.15, -0.1) is 11.8 Å². The molecule has 1 saturated heterocycles. The lowest BCUT2D eigenvalue weighted by Crippen LogP contribution is -2.53. The van der Waals surface area contributed by atoms with Crippen molar-refractivity contribution in [2.45, 2.75) is 12.1 Å². The summed E-state index contributed by atoms with van der Waals surface area (Å²) in [5.41, 5.74) is 6.01.